The summed E-state index contributed by atoms with van der Waals surface area (Å²) >= 11 is 0. The van der Waals surface area contributed by atoms with Crippen LogP contribution in [0.1, 0.15) is 19.8 Å². The van der Waals surface area contributed by atoms with Crippen LogP contribution in [0.2, 0.25) is 6.32 Å². The topological polar surface area (TPSA) is 24.1 Å². The predicted molar refractivity (Wildman–Crippen MR) is 43.6 cm³/mol. The molecule has 2 nitrogen and oxygen atoms in total. The van der Waals surface area contributed by atoms with Crippen LogP contribution in [-0.4, -0.2) is 21.1 Å². The van der Waals surface area contributed by atoms with Crippen LogP contribution < -0.4 is 10.5 Å². The Morgan fingerprint density at radius 2 is 1.78 bits per heavy atom. The van der Waals surface area contributed by atoms with Crippen molar-refractivity contribution in [1.82, 2.24) is 10.5 Å². The number of hydrogen-bond donors (Lipinski definition) is 2. The molecule has 0 aliphatic rings. The zero-order chi connectivity index (χ0) is 7.11. The highest BCUT2D eigenvalue weighted by atomic mass is 14.9. The van der Waals surface area contributed by atoms with E-state index in [9.17, 15) is 0 Å². The Kier molecular flexibility index (Phi) is 6.10. The van der Waals surface area contributed by atoms with E-state index in [2.05, 4.69) is 17.4 Å². The van der Waals surface area contributed by atoms with Gasteiger partial charge in [-0.15, -0.1) is 0 Å². The van der Waals surface area contributed by atoms with Crippen molar-refractivity contribution in [1.29, 1.82) is 0 Å². The van der Waals surface area contributed by atoms with Gasteiger partial charge in [-0.05, 0) is 20.4 Å². The first-order chi connectivity index (χ1) is 4.35. The molecule has 0 aliphatic carbocycles. The lowest BCUT2D eigenvalue weighted by Crippen LogP contribution is -2.42. The van der Waals surface area contributed by atoms with Gasteiger partial charge < -0.3 is 10.5 Å². The lowest BCUT2D eigenvalue weighted by atomic mass is 9.72. The summed E-state index contributed by atoms with van der Waals surface area (Å²) in [5.41, 5.74) is 0. The first-order valence-corrected chi connectivity index (χ1v) is 3.69. The monoisotopic (exact) mass is 128 g/mol. The lowest BCUT2D eigenvalue weighted by Gasteiger charge is -2.07. The van der Waals surface area contributed by atoms with E-state index in [-0.39, 0.29) is 0 Å². The second kappa shape index (κ2) is 6.11. The molecule has 0 bridgehead atoms. The Morgan fingerprint density at radius 1 is 1.22 bits per heavy atom. The third-order valence-electron chi connectivity index (χ3n) is 1.54. The minimum absolute atomic E-state index is 0.505. The van der Waals surface area contributed by atoms with Crippen LogP contribution in [0.25, 0.3) is 0 Å². The molecule has 0 radical (unpaired) electrons. The van der Waals surface area contributed by atoms with Gasteiger partial charge in [-0.2, -0.15) is 0 Å². The summed E-state index contributed by atoms with van der Waals surface area (Å²) < 4.78 is 0. The Morgan fingerprint density at radius 3 is 2.11 bits per heavy atom. The maximum absolute atomic E-state index is 3.18. The van der Waals surface area contributed by atoms with Crippen molar-refractivity contribution in [3.8, 4) is 0 Å². The van der Waals surface area contributed by atoms with Gasteiger partial charge in [0.2, 0.25) is 0 Å². The first-order valence-electron chi connectivity index (χ1n) is 3.69. The first kappa shape index (κ1) is 8.98. The van der Waals surface area contributed by atoms with Crippen molar-refractivity contribution in [2.45, 2.75) is 26.1 Å². The fourth-order valence-corrected chi connectivity index (χ4v) is 0.841. The molecule has 54 valence electrons. The van der Waals surface area contributed by atoms with E-state index >= 15 is 0 Å². The van der Waals surface area contributed by atoms with Gasteiger partial charge in [0, 0.05) is 0 Å². The van der Waals surface area contributed by atoms with E-state index < -0.39 is 0 Å². The van der Waals surface area contributed by atoms with Gasteiger partial charge in [-0.25, -0.2) is 0 Å². The molecule has 0 unspecified atom stereocenters. The van der Waals surface area contributed by atoms with Crippen molar-refractivity contribution in [2.24, 2.45) is 0 Å². The second-order valence-electron chi connectivity index (χ2n) is 2.27. The molecule has 2 N–H and O–H groups in total. The second-order valence-corrected chi connectivity index (χ2v) is 2.27. The molecule has 9 heavy (non-hydrogen) atoms. The van der Waals surface area contributed by atoms with Gasteiger partial charge in [0.05, 0.1) is 0 Å². The molecule has 0 rings (SSSR count). The fraction of sp³-hybridized carbons (Fsp3) is 1.00. The molecule has 0 amide bonds. The van der Waals surface area contributed by atoms with E-state index in [0.29, 0.717) is 6.98 Å². The van der Waals surface area contributed by atoms with Gasteiger partial charge in [0.15, 0.2) is 0 Å². The van der Waals surface area contributed by atoms with Gasteiger partial charge >= 0.3 is 6.98 Å². The van der Waals surface area contributed by atoms with Crippen LogP contribution in [0.3, 0.4) is 0 Å². The van der Waals surface area contributed by atoms with Gasteiger partial charge in [0.25, 0.3) is 0 Å². The average molecular weight is 128 g/mol. The van der Waals surface area contributed by atoms with Crippen molar-refractivity contribution < 1.29 is 0 Å². The van der Waals surface area contributed by atoms with Crippen LogP contribution in [-0.2, 0) is 0 Å². The molecule has 0 saturated heterocycles. The maximum Gasteiger partial charge on any atom is 0.304 e. The van der Waals surface area contributed by atoms with Gasteiger partial charge in [-0.1, -0.05) is 19.8 Å². The number of hydrogen-bond acceptors (Lipinski definition) is 2. The molecule has 0 aliphatic heterocycles. The summed E-state index contributed by atoms with van der Waals surface area (Å²) in [4.78, 5) is 0. The van der Waals surface area contributed by atoms with Gasteiger partial charge in [0.1, 0.15) is 0 Å². The van der Waals surface area contributed by atoms with Crippen LogP contribution in [0.5, 0.6) is 0 Å². The largest absolute Gasteiger partial charge is 0.345 e. The molecule has 3 heteroatoms. The minimum atomic E-state index is 0.505. The van der Waals surface area contributed by atoms with Crippen molar-refractivity contribution in [3.63, 3.8) is 0 Å². The summed E-state index contributed by atoms with van der Waals surface area (Å²) in [6.45, 7) is 2.72. The Hall–Kier alpha value is -0.0151. The Bertz CT molecular complexity index is 55.0. The Balaban J connectivity index is 3.09. The molecule has 0 heterocycles. The summed E-state index contributed by atoms with van der Waals surface area (Å²) in [7, 11) is 3.97. The summed E-state index contributed by atoms with van der Waals surface area (Å²) in [6.07, 6.45) is 3.80. The van der Waals surface area contributed by atoms with E-state index in [1.807, 2.05) is 14.1 Å². The predicted octanol–water partition coefficient (Wildman–Crippen LogP) is 0.713. The van der Waals surface area contributed by atoms with Crippen LogP contribution in [0, 0.1) is 0 Å². The fourth-order valence-electron chi connectivity index (χ4n) is 0.841. The highest BCUT2D eigenvalue weighted by Crippen LogP contribution is 1.94. The molecule has 0 atom stereocenters. The zero-order valence-electron chi connectivity index (χ0n) is 6.70. The SMILES string of the molecule is CCCCB(NC)NC. The molecule has 0 spiro atoms. The van der Waals surface area contributed by atoms with Crippen molar-refractivity contribution in [3.05, 3.63) is 0 Å². The molecule has 0 aromatic carbocycles. The van der Waals surface area contributed by atoms with Crippen LogP contribution in [0.15, 0.2) is 0 Å². The third kappa shape index (κ3) is 4.49. The number of unbranched alkanes of at least 4 members (excludes halogenated alkanes) is 1. The van der Waals surface area contributed by atoms with E-state index in [1.54, 1.807) is 0 Å². The highest BCUT2D eigenvalue weighted by Gasteiger charge is 2.05. The average Bonchev–Trinajstić information content (AvgIpc) is 1.91. The molecule has 0 saturated carbocycles. The van der Waals surface area contributed by atoms with Crippen LogP contribution >= 0.6 is 0 Å². The van der Waals surface area contributed by atoms with Crippen LogP contribution in [0.4, 0.5) is 0 Å². The highest BCUT2D eigenvalue weighted by molar-refractivity contribution is 6.52. The zero-order valence-corrected chi connectivity index (χ0v) is 6.70. The summed E-state index contributed by atoms with van der Waals surface area (Å²) in [5, 5.41) is 6.35. The molecule has 0 aromatic rings. The summed E-state index contributed by atoms with van der Waals surface area (Å²) in [6, 6.07) is 0. The standard InChI is InChI=1S/C6H17BN2/c1-4-5-6-7(8-2)9-3/h8-9H,4-6H2,1-3H3. The van der Waals surface area contributed by atoms with E-state index in [0.717, 1.165) is 0 Å². The van der Waals surface area contributed by atoms with E-state index in [1.165, 1.54) is 19.2 Å². The minimum Gasteiger partial charge on any atom is -0.345 e. The van der Waals surface area contributed by atoms with Gasteiger partial charge in [-0.3, -0.25) is 0 Å². The Labute approximate surface area is 58.5 Å². The smallest absolute Gasteiger partial charge is 0.304 e. The molecule has 0 fully saturated rings. The summed E-state index contributed by atoms with van der Waals surface area (Å²) in [5.74, 6) is 0. The number of rotatable bonds is 5. The molecule has 0 aromatic heterocycles. The van der Waals surface area contributed by atoms with Crippen molar-refractivity contribution >= 4 is 6.98 Å². The molecular weight excluding hydrogens is 111 g/mol. The van der Waals surface area contributed by atoms with E-state index in [4.69, 9.17) is 0 Å². The lowest BCUT2D eigenvalue weighted by molar-refractivity contribution is 0.850. The maximum atomic E-state index is 3.18. The number of nitrogens with one attached hydrogen (secondary N) is 2. The normalized spacial score (nSPS) is 9.67. The van der Waals surface area contributed by atoms with Crippen molar-refractivity contribution in [2.75, 3.05) is 14.1 Å². The quantitative estimate of drug-likeness (QED) is 0.533. The molecular formula is C6H17BN2. The third-order valence-corrected chi connectivity index (χ3v) is 1.54.